The topological polar surface area (TPSA) is 71.9 Å². The molecule has 0 spiro atoms. The van der Waals surface area contributed by atoms with Gasteiger partial charge in [-0.25, -0.2) is 0 Å². The minimum Gasteiger partial charge on any atom is -0.467 e. The Balaban J connectivity index is 0.00000243. The number of para-hydroxylation sites is 1. The van der Waals surface area contributed by atoms with Crippen LogP contribution in [-0.2, 0) is 17.9 Å². The summed E-state index contributed by atoms with van der Waals surface area (Å²) in [4.78, 5) is 4.21. The molecule has 0 fully saturated rings. The van der Waals surface area contributed by atoms with Crippen LogP contribution < -0.4 is 10.6 Å². The van der Waals surface area contributed by atoms with Crippen molar-refractivity contribution in [3.8, 4) is 0 Å². The van der Waals surface area contributed by atoms with E-state index in [2.05, 4.69) is 15.6 Å². The van der Waals surface area contributed by atoms with E-state index in [4.69, 9.17) is 13.6 Å². The second-order valence-corrected chi connectivity index (χ2v) is 5.59. The second-order valence-electron chi connectivity index (χ2n) is 5.59. The van der Waals surface area contributed by atoms with Gasteiger partial charge >= 0.3 is 0 Å². The number of fused-ring (bicyclic) bond motifs is 1. The first-order valence-electron chi connectivity index (χ1n) is 8.37. The van der Waals surface area contributed by atoms with Crippen LogP contribution in [0, 0.1) is 0 Å². The average molecular weight is 469 g/mol. The number of guanidine groups is 1. The molecule has 2 aromatic heterocycles. The molecule has 3 rings (SSSR count). The Morgan fingerprint density at radius 2 is 2.00 bits per heavy atom. The minimum absolute atomic E-state index is 0. The summed E-state index contributed by atoms with van der Waals surface area (Å²) >= 11 is 0. The fourth-order valence-electron chi connectivity index (χ4n) is 2.46. The molecular formula is C19H24IN3O3. The van der Waals surface area contributed by atoms with E-state index in [-0.39, 0.29) is 24.0 Å². The highest BCUT2D eigenvalue weighted by Crippen LogP contribution is 2.18. The molecule has 0 aliphatic heterocycles. The van der Waals surface area contributed by atoms with E-state index in [1.165, 1.54) is 0 Å². The van der Waals surface area contributed by atoms with Crippen LogP contribution in [0.15, 0.2) is 62.6 Å². The molecule has 2 N–H and O–H groups in total. The molecule has 0 aliphatic carbocycles. The Hall–Kier alpha value is -2.00. The van der Waals surface area contributed by atoms with Crippen LogP contribution >= 0.6 is 24.0 Å². The third-order valence-electron chi connectivity index (χ3n) is 3.71. The molecule has 140 valence electrons. The normalized spacial score (nSPS) is 11.3. The Bertz CT molecular complexity index is 766. The van der Waals surface area contributed by atoms with Crippen LogP contribution in [0.25, 0.3) is 11.0 Å². The molecule has 1 aromatic carbocycles. The summed E-state index contributed by atoms with van der Waals surface area (Å²) in [6, 6.07) is 13.8. The first-order valence-corrected chi connectivity index (χ1v) is 8.37. The number of rotatable bonds is 8. The highest BCUT2D eigenvalue weighted by atomic mass is 127. The third kappa shape index (κ3) is 6.06. The third-order valence-corrected chi connectivity index (χ3v) is 3.71. The van der Waals surface area contributed by atoms with E-state index >= 15 is 0 Å². The fourth-order valence-corrected chi connectivity index (χ4v) is 2.46. The molecule has 26 heavy (non-hydrogen) atoms. The molecule has 3 aromatic rings. The van der Waals surface area contributed by atoms with E-state index in [1.54, 1.807) is 13.3 Å². The molecule has 0 atom stereocenters. The monoisotopic (exact) mass is 469 g/mol. The van der Waals surface area contributed by atoms with Gasteiger partial charge in [0.25, 0.3) is 0 Å². The van der Waals surface area contributed by atoms with Crippen molar-refractivity contribution in [2.75, 3.05) is 20.2 Å². The Morgan fingerprint density at radius 3 is 2.77 bits per heavy atom. The van der Waals surface area contributed by atoms with Crippen molar-refractivity contribution in [2.24, 2.45) is 4.99 Å². The maximum atomic E-state index is 5.78. The molecule has 0 unspecified atom stereocenters. The van der Waals surface area contributed by atoms with E-state index in [9.17, 15) is 0 Å². The number of nitrogens with one attached hydrogen (secondary N) is 2. The van der Waals surface area contributed by atoms with Crippen LogP contribution in [0.2, 0.25) is 0 Å². The maximum Gasteiger partial charge on any atom is 0.191 e. The van der Waals surface area contributed by atoms with Gasteiger partial charge in [-0.15, -0.1) is 24.0 Å². The minimum atomic E-state index is 0. The second kappa shape index (κ2) is 10.9. The largest absolute Gasteiger partial charge is 0.467 e. The van der Waals surface area contributed by atoms with Crippen LogP contribution in [0.4, 0.5) is 0 Å². The number of hydrogen-bond acceptors (Lipinski definition) is 4. The molecule has 0 bridgehead atoms. The van der Waals surface area contributed by atoms with E-state index in [1.807, 2.05) is 42.5 Å². The van der Waals surface area contributed by atoms with Gasteiger partial charge in [-0.3, -0.25) is 4.99 Å². The smallest absolute Gasteiger partial charge is 0.191 e. The van der Waals surface area contributed by atoms with Gasteiger partial charge in [0.15, 0.2) is 5.96 Å². The highest BCUT2D eigenvalue weighted by Gasteiger charge is 2.04. The molecule has 0 saturated carbocycles. The number of aliphatic imine (C=N–C) groups is 1. The van der Waals surface area contributed by atoms with Crippen molar-refractivity contribution >= 4 is 40.9 Å². The van der Waals surface area contributed by atoms with Crippen LogP contribution in [0.5, 0.6) is 0 Å². The zero-order valence-electron chi connectivity index (χ0n) is 14.7. The fraction of sp³-hybridized carbons (Fsp3) is 0.316. The first kappa shape index (κ1) is 20.3. The predicted octanol–water partition coefficient (Wildman–Crippen LogP) is 3.92. The Kier molecular flexibility index (Phi) is 8.49. The van der Waals surface area contributed by atoms with Gasteiger partial charge < -0.3 is 24.2 Å². The van der Waals surface area contributed by atoms with Crippen LogP contribution in [0.1, 0.15) is 17.9 Å². The highest BCUT2D eigenvalue weighted by molar-refractivity contribution is 14.0. The van der Waals surface area contributed by atoms with Crippen molar-refractivity contribution < 1.29 is 13.6 Å². The first-order chi connectivity index (χ1) is 12.3. The lowest BCUT2D eigenvalue weighted by Gasteiger charge is -2.10. The van der Waals surface area contributed by atoms with E-state index < -0.39 is 0 Å². The standard InChI is InChI=1S/C19H23N3O3.HI/c1-20-19(21-9-5-10-23-14-16-7-4-11-24-16)22-13-17-12-15-6-2-3-8-18(15)25-17;/h2-4,6-8,11-12H,5,9-10,13-14H2,1H3,(H2,20,21,22);1H. The zero-order valence-corrected chi connectivity index (χ0v) is 17.1. The van der Waals surface area contributed by atoms with Gasteiger partial charge in [-0.1, -0.05) is 18.2 Å². The van der Waals surface area contributed by atoms with Gasteiger partial charge in [-0.2, -0.15) is 0 Å². The summed E-state index contributed by atoms with van der Waals surface area (Å²) in [5.74, 6) is 2.47. The summed E-state index contributed by atoms with van der Waals surface area (Å²) in [5, 5.41) is 7.62. The number of nitrogens with zero attached hydrogens (tertiary/aromatic N) is 1. The number of benzene rings is 1. The summed E-state index contributed by atoms with van der Waals surface area (Å²) in [7, 11) is 1.75. The zero-order chi connectivity index (χ0) is 17.3. The Morgan fingerprint density at radius 1 is 1.12 bits per heavy atom. The van der Waals surface area contributed by atoms with E-state index in [0.29, 0.717) is 19.8 Å². The molecular weight excluding hydrogens is 445 g/mol. The lowest BCUT2D eigenvalue weighted by molar-refractivity contribution is 0.105. The summed E-state index contributed by atoms with van der Waals surface area (Å²) < 4.78 is 16.5. The molecule has 7 heteroatoms. The lowest BCUT2D eigenvalue weighted by atomic mass is 10.2. The molecule has 0 radical (unpaired) electrons. The number of furan rings is 2. The van der Waals surface area contributed by atoms with Crippen molar-refractivity contribution in [3.63, 3.8) is 0 Å². The van der Waals surface area contributed by atoms with Crippen LogP contribution in [0.3, 0.4) is 0 Å². The van der Waals surface area contributed by atoms with Gasteiger partial charge in [0.2, 0.25) is 0 Å². The average Bonchev–Trinajstić information content (AvgIpc) is 3.29. The molecule has 0 aliphatic rings. The molecule has 0 amide bonds. The van der Waals surface area contributed by atoms with Gasteiger partial charge in [0.1, 0.15) is 23.7 Å². The van der Waals surface area contributed by atoms with Gasteiger partial charge in [0, 0.05) is 25.6 Å². The molecule has 6 nitrogen and oxygen atoms in total. The quantitative estimate of drug-likeness (QED) is 0.227. The molecule has 0 saturated heterocycles. The SMILES string of the molecule is CN=C(NCCCOCc1ccco1)NCc1cc2ccccc2o1.I. The van der Waals surface area contributed by atoms with Crippen molar-refractivity contribution in [2.45, 2.75) is 19.6 Å². The van der Waals surface area contributed by atoms with Crippen LogP contribution in [-0.4, -0.2) is 26.2 Å². The number of hydrogen-bond donors (Lipinski definition) is 2. The summed E-state index contributed by atoms with van der Waals surface area (Å²) in [6.45, 7) is 2.53. The number of ether oxygens (including phenoxy) is 1. The Labute approximate surface area is 170 Å². The lowest BCUT2D eigenvalue weighted by Crippen LogP contribution is -2.37. The number of halogens is 1. The van der Waals surface area contributed by atoms with Gasteiger partial charge in [0.05, 0.1) is 12.8 Å². The molecule has 2 heterocycles. The van der Waals surface area contributed by atoms with Crippen molar-refractivity contribution in [1.82, 2.24) is 10.6 Å². The summed E-state index contributed by atoms with van der Waals surface area (Å²) in [5.41, 5.74) is 0.899. The van der Waals surface area contributed by atoms with Crippen molar-refractivity contribution in [3.05, 3.63) is 60.2 Å². The predicted molar refractivity (Wildman–Crippen MR) is 113 cm³/mol. The maximum absolute atomic E-state index is 5.78. The van der Waals surface area contributed by atoms with E-state index in [0.717, 1.165) is 41.4 Å². The van der Waals surface area contributed by atoms with Crippen molar-refractivity contribution in [1.29, 1.82) is 0 Å². The van der Waals surface area contributed by atoms with Gasteiger partial charge in [-0.05, 0) is 30.7 Å². The summed E-state index contributed by atoms with van der Waals surface area (Å²) in [6.07, 6.45) is 2.53.